The molecule has 3 nitrogen and oxygen atoms in total. The molecule has 0 aromatic heterocycles. The molecular weight excluding hydrogens is 142 g/mol. The molecule has 0 aromatic rings. The third-order valence-corrected chi connectivity index (χ3v) is 2.98. The summed E-state index contributed by atoms with van der Waals surface area (Å²) in [6.07, 6.45) is 1.91. The Morgan fingerprint density at radius 2 is 2.36 bits per heavy atom. The molecule has 2 saturated heterocycles. The second kappa shape index (κ2) is 2.73. The zero-order valence-corrected chi connectivity index (χ0v) is 6.68. The van der Waals surface area contributed by atoms with Crippen molar-refractivity contribution in [3.8, 4) is 0 Å². The molecule has 64 valence electrons. The van der Waals surface area contributed by atoms with E-state index in [0.29, 0.717) is 0 Å². The normalized spacial score (nSPS) is 45.0. The van der Waals surface area contributed by atoms with E-state index in [-0.39, 0.29) is 11.5 Å². The third-order valence-electron chi connectivity index (χ3n) is 2.98. The van der Waals surface area contributed by atoms with Gasteiger partial charge < -0.3 is 15.2 Å². The molecule has 0 aromatic carbocycles. The van der Waals surface area contributed by atoms with Crippen molar-refractivity contribution in [1.82, 2.24) is 5.32 Å². The highest BCUT2D eigenvalue weighted by atomic mass is 16.5. The van der Waals surface area contributed by atoms with Gasteiger partial charge in [-0.15, -0.1) is 0 Å². The number of rotatable bonds is 0. The monoisotopic (exact) mass is 157 g/mol. The molecule has 0 radical (unpaired) electrons. The van der Waals surface area contributed by atoms with E-state index in [2.05, 4.69) is 5.32 Å². The number of hydrogen-bond donors (Lipinski definition) is 2. The first kappa shape index (κ1) is 7.53. The average Bonchev–Trinajstić information content (AvgIpc) is 2.46. The summed E-state index contributed by atoms with van der Waals surface area (Å²) in [6.45, 7) is 3.36. The zero-order valence-electron chi connectivity index (χ0n) is 6.68. The Morgan fingerprint density at radius 1 is 1.45 bits per heavy atom. The molecule has 0 unspecified atom stereocenters. The summed E-state index contributed by atoms with van der Waals surface area (Å²) in [7, 11) is 0. The van der Waals surface area contributed by atoms with Crippen LogP contribution in [0.4, 0.5) is 0 Å². The van der Waals surface area contributed by atoms with Crippen LogP contribution in [-0.4, -0.2) is 37.5 Å². The van der Waals surface area contributed by atoms with Crippen LogP contribution < -0.4 is 5.32 Å². The molecule has 2 aliphatic heterocycles. The lowest BCUT2D eigenvalue weighted by Crippen LogP contribution is -2.49. The fraction of sp³-hybridized carbons (Fsp3) is 1.00. The molecule has 0 saturated carbocycles. The summed E-state index contributed by atoms with van der Waals surface area (Å²) >= 11 is 0. The second-order valence-corrected chi connectivity index (χ2v) is 3.63. The van der Waals surface area contributed by atoms with Crippen LogP contribution in [0.1, 0.15) is 12.8 Å². The Kier molecular flexibility index (Phi) is 1.87. The number of ether oxygens (including phenoxy) is 1. The molecule has 3 heteroatoms. The number of aliphatic hydroxyl groups excluding tert-OH is 1. The predicted molar refractivity (Wildman–Crippen MR) is 41.4 cm³/mol. The van der Waals surface area contributed by atoms with Crippen LogP contribution in [0.25, 0.3) is 0 Å². The lowest BCUT2D eigenvalue weighted by Gasteiger charge is -2.37. The second-order valence-electron chi connectivity index (χ2n) is 3.63. The molecule has 0 bridgehead atoms. The molecule has 0 aliphatic carbocycles. The van der Waals surface area contributed by atoms with Crippen LogP contribution in [0.15, 0.2) is 0 Å². The minimum Gasteiger partial charge on any atom is -0.391 e. The van der Waals surface area contributed by atoms with Crippen molar-refractivity contribution >= 4 is 0 Å². The Morgan fingerprint density at radius 3 is 3.00 bits per heavy atom. The Balaban J connectivity index is 2.07. The van der Waals surface area contributed by atoms with Gasteiger partial charge in [-0.2, -0.15) is 0 Å². The minimum absolute atomic E-state index is 0.102. The van der Waals surface area contributed by atoms with Crippen molar-refractivity contribution in [2.45, 2.75) is 18.9 Å². The van der Waals surface area contributed by atoms with E-state index in [1.807, 2.05) is 0 Å². The lowest BCUT2D eigenvalue weighted by molar-refractivity contribution is -0.00739. The minimum atomic E-state index is -0.196. The number of hydrogen-bond acceptors (Lipinski definition) is 3. The van der Waals surface area contributed by atoms with Gasteiger partial charge in [0.25, 0.3) is 0 Å². The highest BCUT2D eigenvalue weighted by Crippen LogP contribution is 2.37. The molecule has 1 spiro atoms. The summed E-state index contributed by atoms with van der Waals surface area (Å²) in [5, 5.41) is 12.9. The molecule has 2 aliphatic rings. The SMILES string of the molecule is O[C@@H]1CNCC[C@]12CCOC2. The summed E-state index contributed by atoms with van der Waals surface area (Å²) in [6, 6.07) is 0. The van der Waals surface area contributed by atoms with Crippen LogP contribution in [0.2, 0.25) is 0 Å². The van der Waals surface area contributed by atoms with Crippen LogP contribution in [0.3, 0.4) is 0 Å². The van der Waals surface area contributed by atoms with Gasteiger partial charge in [0.15, 0.2) is 0 Å². The average molecular weight is 157 g/mol. The molecule has 2 rings (SSSR count). The van der Waals surface area contributed by atoms with E-state index >= 15 is 0 Å². The number of piperidine rings is 1. The third kappa shape index (κ3) is 1.17. The van der Waals surface area contributed by atoms with Crippen molar-refractivity contribution in [2.24, 2.45) is 5.41 Å². The van der Waals surface area contributed by atoms with Gasteiger partial charge >= 0.3 is 0 Å². The Labute approximate surface area is 66.7 Å². The lowest BCUT2D eigenvalue weighted by atomic mass is 9.76. The molecular formula is C8H15NO2. The predicted octanol–water partition coefficient (Wildman–Crippen LogP) is -0.253. The highest BCUT2D eigenvalue weighted by Gasteiger charge is 2.42. The van der Waals surface area contributed by atoms with Gasteiger partial charge in [-0.3, -0.25) is 0 Å². The fourth-order valence-corrected chi connectivity index (χ4v) is 2.04. The van der Waals surface area contributed by atoms with Crippen molar-refractivity contribution in [2.75, 3.05) is 26.3 Å². The van der Waals surface area contributed by atoms with E-state index < -0.39 is 0 Å². The number of aliphatic hydroxyl groups is 1. The van der Waals surface area contributed by atoms with Crippen molar-refractivity contribution in [1.29, 1.82) is 0 Å². The quantitative estimate of drug-likeness (QED) is 0.509. The molecule has 2 heterocycles. The first-order valence-electron chi connectivity index (χ1n) is 4.30. The maximum Gasteiger partial charge on any atom is 0.0744 e. The number of β-amino-alcohol motifs (C(OH)–C–C–N with tert-alkyl or cyclic N) is 1. The standard InChI is InChI=1S/C8H15NO2/c10-7-5-9-3-1-8(7)2-4-11-6-8/h7,9-10H,1-6H2/t7-,8-/m1/s1. The molecule has 2 atom stereocenters. The van der Waals surface area contributed by atoms with Crippen molar-refractivity contribution in [3.05, 3.63) is 0 Å². The van der Waals surface area contributed by atoms with E-state index in [9.17, 15) is 5.11 Å². The van der Waals surface area contributed by atoms with Gasteiger partial charge in [-0.1, -0.05) is 0 Å². The smallest absolute Gasteiger partial charge is 0.0744 e. The van der Waals surface area contributed by atoms with Gasteiger partial charge in [0, 0.05) is 18.6 Å². The first-order chi connectivity index (χ1) is 5.33. The summed E-state index contributed by atoms with van der Waals surface area (Å²) in [4.78, 5) is 0. The van der Waals surface area contributed by atoms with E-state index in [1.54, 1.807) is 0 Å². The Hall–Kier alpha value is -0.120. The van der Waals surface area contributed by atoms with Crippen LogP contribution in [0, 0.1) is 5.41 Å². The molecule has 0 amide bonds. The van der Waals surface area contributed by atoms with E-state index in [4.69, 9.17) is 4.74 Å². The maximum atomic E-state index is 9.72. The molecule has 11 heavy (non-hydrogen) atoms. The van der Waals surface area contributed by atoms with Gasteiger partial charge in [0.2, 0.25) is 0 Å². The van der Waals surface area contributed by atoms with Crippen molar-refractivity contribution < 1.29 is 9.84 Å². The van der Waals surface area contributed by atoms with E-state index in [0.717, 1.165) is 39.1 Å². The van der Waals surface area contributed by atoms with Crippen LogP contribution in [0.5, 0.6) is 0 Å². The summed E-state index contributed by atoms with van der Waals surface area (Å²) < 4.78 is 5.32. The Bertz CT molecular complexity index is 143. The molecule has 2 fully saturated rings. The largest absolute Gasteiger partial charge is 0.391 e. The molecule has 2 N–H and O–H groups in total. The number of nitrogens with one attached hydrogen (secondary N) is 1. The van der Waals surface area contributed by atoms with Gasteiger partial charge in [0.05, 0.1) is 12.7 Å². The maximum absolute atomic E-state index is 9.72. The van der Waals surface area contributed by atoms with Crippen LogP contribution >= 0.6 is 0 Å². The summed E-state index contributed by atoms with van der Waals surface area (Å²) in [5.74, 6) is 0. The first-order valence-corrected chi connectivity index (χ1v) is 4.30. The van der Waals surface area contributed by atoms with Gasteiger partial charge in [0.1, 0.15) is 0 Å². The van der Waals surface area contributed by atoms with E-state index in [1.165, 1.54) is 0 Å². The summed E-state index contributed by atoms with van der Waals surface area (Å²) in [5.41, 5.74) is 0.102. The topological polar surface area (TPSA) is 41.5 Å². The van der Waals surface area contributed by atoms with Crippen molar-refractivity contribution in [3.63, 3.8) is 0 Å². The van der Waals surface area contributed by atoms with Crippen LogP contribution in [-0.2, 0) is 4.74 Å². The zero-order chi connectivity index (χ0) is 7.73. The highest BCUT2D eigenvalue weighted by molar-refractivity contribution is 4.94. The van der Waals surface area contributed by atoms with Gasteiger partial charge in [-0.25, -0.2) is 0 Å². The van der Waals surface area contributed by atoms with Gasteiger partial charge in [-0.05, 0) is 19.4 Å². The fourth-order valence-electron chi connectivity index (χ4n) is 2.04.